The average Bonchev–Trinajstić information content (AvgIpc) is 3.49. The Bertz CT molecular complexity index is 1880. The standard InChI is InChI=1S/C38H46FN5O11/c1-8-51-21-53-27-13-14-28(50-7)31(39)30(27)32(45)22-9-11-23(12-10-22)33(46)42-26-19-44(18-25(26)40)36(49)55-38(5,6)20-52-34(47)24-15-16-41-29(17-24)43-35(48)54-37(2,3)4/h9-17,25-26H,8,18-21,40H2,1-7H3,(H,42,46)(H,41,43,48)/t25-,26-/m1/s1. The van der Waals surface area contributed by atoms with Gasteiger partial charge in [0.15, 0.2) is 24.1 Å². The first-order valence-electron chi connectivity index (χ1n) is 17.3. The fraction of sp³-hybridized carbons (Fsp3) is 0.421. The molecule has 2 aromatic carbocycles. The molecule has 3 aromatic rings. The molecular weight excluding hydrogens is 721 g/mol. The van der Waals surface area contributed by atoms with Gasteiger partial charge in [0.05, 0.1) is 18.7 Å². The molecule has 17 heteroatoms. The molecule has 3 amide bonds. The second kappa shape index (κ2) is 18.0. The highest BCUT2D eigenvalue weighted by molar-refractivity contribution is 6.11. The van der Waals surface area contributed by atoms with Crippen LogP contribution in [0.5, 0.6) is 11.5 Å². The van der Waals surface area contributed by atoms with Crippen LogP contribution in [0.2, 0.25) is 0 Å². The third-order valence-electron chi connectivity index (χ3n) is 7.91. The van der Waals surface area contributed by atoms with E-state index in [1.54, 1.807) is 41.5 Å². The molecule has 1 aliphatic heterocycles. The van der Waals surface area contributed by atoms with Gasteiger partial charge in [0, 0.05) is 43.1 Å². The van der Waals surface area contributed by atoms with E-state index >= 15 is 4.39 Å². The Morgan fingerprint density at radius 2 is 1.60 bits per heavy atom. The second-order valence-electron chi connectivity index (χ2n) is 14.0. The zero-order valence-corrected chi connectivity index (χ0v) is 31.7. The number of carbonyl (C=O) groups excluding carboxylic acids is 5. The van der Waals surface area contributed by atoms with Gasteiger partial charge >= 0.3 is 18.2 Å². The van der Waals surface area contributed by atoms with Crippen LogP contribution in [0.15, 0.2) is 54.7 Å². The Hall–Kier alpha value is -5.81. The number of ether oxygens (including phenoxy) is 6. The zero-order chi connectivity index (χ0) is 40.5. The Morgan fingerprint density at radius 3 is 2.25 bits per heavy atom. The number of benzene rings is 2. The van der Waals surface area contributed by atoms with Crippen molar-refractivity contribution in [2.75, 3.05) is 45.5 Å². The molecule has 0 unspecified atom stereocenters. The van der Waals surface area contributed by atoms with Gasteiger partial charge in [-0.25, -0.2) is 23.8 Å². The SMILES string of the molecule is CCOCOc1ccc(OC)c(F)c1C(=O)c1ccc(C(=O)N[C@@H]2CN(C(=O)OC(C)(C)COC(=O)c3ccnc(NC(=O)OC(C)(C)C)c3)C[C@H]2N)cc1. The minimum Gasteiger partial charge on any atom is -0.494 e. The predicted molar refractivity (Wildman–Crippen MR) is 196 cm³/mol. The number of nitrogens with one attached hydrogen (secondary N) is 2. The summed E-state index contributed by atoms with van der Waals surface area (Å²) in [5, 5.41) is 5.25. The van der Waals surface area contributed by atoms with Gasteiger partial charge in [-0.15, -0.1) is 0 Å². The molecule has 1 aliphatic rings. The van der Waals surface area contributed by atoms with Gasteiger partial charge < -0.3 is 44.4 Å². The zero-order valence-electron chi connectivity index (χ0n) is 31.7. The third kappa shape index (κ3) is 11.6. The number of carbonyl (C=O) groups is 5. The largest absolute Gasteiger partial charge is 0.494 e. The summed E-state index contributed by atoms with van der Waals surface area (Å²) in [5.74, 6) is -2.96. The number of rotatable bonds is 14. The number of hydrogen-bond acceptors (Lipinski definition) is 13. The first-order chi connectivity index (χ1) is 25.9. The topological polar surface area (TPSA) is 207 Å². The van der Waals surface area contributed by atoms with Crippen molar-refractivity contribution in [2.45, 2.75) is 64.8 Å². The van der Waals surface area contributed by atoms with Gasteiger partial charge in [-0.1, -0.05) is 12.1 Å². The maximum atomic E-state index is 15.2. The van der Waals surface area contributed by atoms with Crippen LogP contribution in [-0.4, -0.2) is 103 Å². The van der Waals surface area contributed by atoms with Crippen LogP contribution >= 0.6 is 0 Å². The van der Waals surface area contributed by atoms with E-state index in [0.29, 0.717) is 6.61 Å². The quantitative estimate of drug-likeness (QED) is 0.0670. The molecule has 4 rings (SSSR count). The number of esters is 1. The van der Waals surface area contributed by atoms with Gasteiger partial charge in [-0.3, -0.25) is 14.9 Å². The van der Waals surface area contributed by atoms with E-state index in [1.165, 1.54) is 66.7 Å². The molecule has 0 aliphatic carbocycles. The first kappa shape index (κ1) is 41.9. The van der Waals surface area contributed by atoms with E-state index in [2.05, 4.69) is 15.6 Å². The second-order valence-corrected chi connectivity index (χ2v) is 14.0. The molecule has 1 aromatic heterocycles. The van der Waals surface area contributed by atoms with Crippen molar-refractivity contribution in [1.82, 2.24) is 15.2 Å². The van der Waals surface area contributed by atoms with Crippen molar-refractivity contribution >= 4 is 35.7 Å². The van der Waals surface area contributed by atoms with Gasteiger partial charge in [-0.05, 0) is 77.9 Å². The van der Waals surface area contributed by atoms with Crippen molar-refractivity contribution in [3.63, 3.8) is 0 Å². The maximum absolute atomic E-state index is 15.2. The van der Waals surface area contributed by atoms with E-state index in [1.807, 2.05) is 0 Å². The number of likely N-dealkylation sites (tertiary alicyclic amines) is 1. The lowest BCUT2D eigenvalue weighted by Crippen LogP contribution is -2.46. The summed E-state index contributed by atoms with van der Waals surface area (Å²) in [6.07, 6.45) is -0.162. The number of anilines is 1. The van der Waals surface area contributed by atoms with Crippen LogP contribution in [0.3, 0.4) is 0 Å². The van der Waals surface area contributed by atoms with Crippen LogP contribution in [0.4, 0.5) is 19.8 Å². The highest BCUT2D eigenvalue weighted by Gasteiger charge is 2.37. The summed E-state index contributed by atoms with van der Waals surface area (Å²) in [5.41, 5.74) is 4.31. The molecule has 296 valence electrons. The van der Waals surface area contributed by atoms with Crippen molar-refractivity contribution in [2.24, 2.45) is 5.73 Å². The monoisotopic (exact) mass is 767 g/mol. The smallest absolute Gasteiger partial charge is 0.413 e. The highest BCUT2D eigenvalue weighted by Crippen LogP contribution is 2.31. The molecule has 1 fully saturated rings. The third-order valence-corrected chi connectivity index (χ3v) is 7.91. The fourth-order valence-electron chi connectivity index (χ4n) is 5.20. The summed E-state index contributed by atoms with van der Waals surface area (Å²) >= 11 is 0. The summed E-state index contributed by atoms with van der Waals surface area (Å²) in [6.45, 7) is 9.94. The predicted octanol–water partition coefficient (Wildman–Crippen LogP) is 4.69. The van der Waals surface area contributed by atoms with Gasteiger partial charge in [0.1, 0.15) is 34.9 Å². The summed E-state index contributed by atoms with van der Waals surface area (Å²) < 4.78 is 47.1. The Labute approximate surface area is 317 Å². The minimum atomic E-state index is -1.26. The van der Waals surface area contributed by atoms with Crippen LogP contribution in [-0.2, 0) is 18.9 Å². The molecule has 16 nitrogen and oxygen atoms in total. The van der Waals surface area contributed by atoms with Crippen molar-refractivity contribution in [3.8, 4) is 11.5 Å². The molecule has 4 N–H and O–H groups in total. The van der Waals surface area contributed by atoms with E-state index in [4.69, 9.17) is 34.2 Å². The van der Waals surface area contributed by atoms with E-state index in [9.17, 15) is 24.0 Å². The van der Waals surface area contributed by atoms with Crippen LogP contribution < -0.4 is 25.8 Å². The number of amides is 3. The number of hydrogen-bond donors (Lipinski definition) is 3. The number of aromatic nitrogens is 1. The first-order valence-corrected chi connectivity index (χ1v) is 17.3. The number of halogens is 1. The molecule has 55 heavy (non-hydrogen) atoms. The van der Waals surface area contributed by atoms with Crippen molar-refractivity contribution < 1.29 is 56.8 Å². The summed E-state index contributed by atoms with van der Waals surface area (Å²) in [4.78, 5) is 69.8. The van der Waals surface area contributed by atoms with Crippen LogP contribution in [0, 0.1) is 5.82 Å². The molecule has 0 spiro atoms. The molecule has 2 heterocycles. The Balaban J connectivity index is 1.31. The Kier molecular flexibility index (Phi) is 13.7. The van der Waals surface area contributed by atoms with Gasteiger partial charge in [0.2, 0.25) is 0 Å². The molecule has 0 saturated carbocycles. The number of nitrogens with zero attached hydrogens (tertiary/aromatic N) is 2. The number of nitrogens with two attached hydrogens (primary N) is 1. The lowest BCUT2D eigenvalue weighted by Gasteiger charge is -2.27. The summed E-state index contributed by atoms with van der Waals surface area (Å²) in [6, 6.07) is 9.75. The number of ketones is 1. The lowest BCUT2D eigenvalue weighted by molar-refractivity contribution is -0.0321. The van der Waals surface area contributed by atoms with Crippen molar-refractivity contribution in [1.29, 1.82) is 0 Å². The number of methoxy groups -OCH3 is 1. The molecule has 0 bridgehead atoms. The fourth-order valence-corrected chi connectivity index (χ4v) is 5.20. The maximum Gasteiger partial charge on any atom is 0.413 e. The van der Waals surface area contributed by atoms with E-state index in [0.717, 1.165) is 0 Å². The van der Waals surface area contributed by atoms with Crippen LogP contribution in [0.25, 0.3) is 0 Å². The Morgan fingerprint density at radius 1 is 0.927 bits per heavy atom. The summed E-state index contributed by atoms with van der Waals surface area (Å²) in [7, 11) is 1.27. The van der Waals surface area contributed by atoms with E-state index in [-0.39, 0.29) is 66.1 Å². The van der Waals surface area contributed by atoms with Crippen molar-refractivity contribution in [3.05, 3.63) is 82.8 Å². The van der Waals surface area contributed by atoms with Gasteiger partial charge in [0.25, 0.3) is 5.91 Å². The highest BCUT2D eigenvalue weighted by atomic mass is 19.1. The average molecular weight is 768 g/mol. The normalized spacial score (nSPS) is 15.5. The molecule has 1 saturated heterocycles. The molecular formula is C38H46FN5O11. The minimum absolute atomic E-state index is 0.0300. The lowest BCUT2D eigenvalue weighted by atomic mass is 10.00. The molecule has 2 atom stereocenters. The van der Waals surface area contributed by atoms with Gasteiger partial charge in [-0.2, -0.15) is 0 Å². The van der Waals surface area contributed by atoms with E-state index < -0.39 is 58.9 Å². The number of pyridine rings is 1. The molecule has 0 radical (unpaired) electrons. The van der Waals surface area contributed by atoms with Crippen LogP contribution in [0.1, 0.15) is 78.2 Å².